The van der Waals surface area contributed by atoms with Gasteiger partial charge in [-0.25, -0.2) is 9.67 Å². The van der Waals surface area contributed by atoms with Crippen LogP contribution in [0.5, 0.6) is 0 Å². The maximum Gasteiger partial charge on any atom is 0.265 e. The van der Waals surface area contributed by atoms with Crippen molar-refractivity contribution in [2.24, 2.45) is 0 Å². The Morgan fingerprint density at radius 3 is 2.85 bits per heavy atom. The second-order valence-electron chi connectivity index (χ2n) is 8.99. The molecule has 2 amide bonds. The first kappa shape index (κ1) is 22.6. The van der Waals surface area contributed by atoms with Crippen molar-refractivity contribution in [2.45, 2.75) is 50.7 Å². The molecule has 0 spiro atoms. The maximum atomic E-state index is 13.3. The molecule has 0 saturated carbocycles. The number of fused-ring (bicyclic) bond motifs is 2. The molecule has 3 aromatic rings. The van der Waals surface area contributed by atoms with Gasteiger partial charge in [-0.15, -0.1) is 0 Å². The smallest absolute Gasteiger partial charge is 0.265 e. The second kappa shape index (κ2) is 9.25. The molecule has 178 valence electrons. The van der Waals surface area contributed by atoms with Gasteiger partial charge in [-0.3, -0.25) is 19.0 Å². The number of aromatic nitrogens is 4. The zero-order chi connectivity index (χ0) is 23.8. The van der Waals surface area contributed by atoms with Gasteiger partial charge in [0.25, 0.3) is 5.56 Å². The third kappa shape index (κ3) is 4.22. The lowest BCUT2D eigenvalue weighted by molar-refractivity contribution is -0.127. The Morgan fingerprint density at radius 1 is 1.24 bits per heavy atom. The minimum Gasteiger partial charge on any atom is -0.356 e. The van der Waals surface area contributed by atoms with E-state index in [1.807, 2.05) is 30.0 Å². The van der Waals surface area contributed by atoms with Crippen LogP contribution in [-0.2, 0) is 9.59 Å². The van der Waals surface area contributed by atoms with E-state index >= 15 is 0 Å². The van der Waals surface area contributed by atoms with Crippen molar-refractivity contribution in [1.29, 1.82) is 0 Å². The van der Waals surface area contributed by atoms with Gasteiger partial charge < -0.3 is 10.2 Å². The monoisotopic (exact) mass is 480 g/mol. The van der Waals surface area contributed by atoms with Crippen LogP contribution in [0.2, 0.25) is 0 Å². The van der Waals surface area contributed by atoms with E-state index in [4.69, 9.17) is 4.98 Å². The Hall–Kier alpha value is -3.14. The van der Waals surface area contributed by atoms with Crippen molar-refractivity contribution in [3.8, 4) is 5.69 Å². The highest BCUT2D eigenvalue weighted by Gasteiger charge is 2.29. The molecule has 2 aromatic heterocycles. The quantitative estimate of drug-likeness (QED) is 0.412. The van der Waals surface area contributed by atoms with Gasteiger partial charge in [0.1, 0.15) is 5.39 Å². The van der Waals surface area contributed by atoms with Crippen molar-refractivity contribution in [1.82, 2.24) is 29.5 Å². The van der Waals surface area contributed by atoms with Crippen LogP contribution < -0.4 is 10.9 Å². The van der Waals surface area contributed by atoms with E-state index in [2.05, 4.69) is 17.3 Å². The van der Waals surface area contributed by atoms with Crippen LogP contribution in [-0.4, -0.2) is 61.4 Å². The summed E-state index contributed by atoms with van der Waals surface area (Å²) in [5.41, 5.74) is 3.57. The molecule has 1 N–H and O–H groups in total. The van der Waals surface area contributed by atoms with Crippen LogP contribution in [0, 0.1) is 13.8 Å². The van der Waals surface area contributed by atoms with Crippen LogP contribution >= 0.6 is 11.8 Å². The largest absolute Gasteiger partial charge is 0.356 e. The zero-order valence-corrected chi connectivity index (χ0v) is 20.2. The summed E-state index contributed by atoms with van der Waals surface area (Å²) in [6.07, 6.45) is 4.06. The van der Waals surface area contributed by atoms with E-state index in [0.29, 0.717) is 41.5 Å². The molecule has 1 aromatic carbocycles. The Labute approximate surface area is 201 Å². The van der Waals surface area contributed by atoms with Crippen molar-refractivity contribution < 1.29 is 9.59 Å². The molecule has 0 radical (unpaired) electrons. The summed E-state index contributed by atoms with van der Waals surface area (Å²) in [7, 11) is 0. The minimum absolute atomic E-state index is 0.0935. The van der Waals surface area contributed by atoms with Gasteiger partial charge >= 0.3 is 0 Å². The van der Waals surface area contributed by atoms with E-state index in [1.165, 1.54) is 17.3 Å². The van der Waals surface area contributed by atoms with Crippen molar-refractivity contribution in [2.75, 3.05) is 25.4 Å². The summed E-state index contributed by atoms with van der Waals surface area (Å²) in [5.74, 6) is 0.732. The average molecular weight is 481 g/mol. The summed E-state index contributed by atoms with van der Waals surface area (Å²) < 4.78 is 3.34. The van der Waals surface area contributed by atoms with Crippen LogP contribution in [0.1, 0.15) is 42.9 Å². The van der Waals surface area contributed by atoms with E-state index in [9.17, 15) is 14.4 Å². The molecule has 9 nitrogen and oxygen atoms in total. The number of amides is 2. The SMILES string of the molecule is Cc1ccc(-n2ncc3c(=O)n4c(nc32)SCC4CC(=O)NCCCN2CCCC2=O)cc1C. The van der Waals surface area contributed by atoms with E-state index < -0.39 is 0 Å². The Morgan fingerprint density at radius 2 is 2.09 bits per heavy atom. The fourth-order valence-electron chi connectivity index (χ4n) is 4.55. The molecule has 1 saturated heterocycles. The Balaban J connectivity index is 1.28. The van der Waals surface area contributed by atoms with E-state index in [-0.39, 0.29) is 29.8 Å². The summed E-state index contributed by atoms with van der Waals surface area (Å²) in [6.45, 7) is 6.10. The first-order chi connectivity index (χ1) is 16.4. The van der Waals surface area contributed by atoms with Crippen LogP contribution in [0.25, 0.3) is 16.7 Å². The summed E-state index contributed by atoms with van der Waals surface area (Å²) >= 11 is 1.49. The van der Waals surface area contributed by atoms with Crippen LogP contribution in [0.15, 0.2) is 34.3 Å². The van der Waals surface area contributed by atoms with Gasteiger partial charge in [0, 0.05) is 38.2 Å². The predicted octanol–water partition coefficient (Wildman–Crippen LogP) is 2.36. The molecule has 0 bridgehead atoms. The molecular formula is C24H28N6O3S. The number of carbonyl (C=O) groups is 2. The average Bonchev–Trinajstić information content (AvgIpc) is 3.53. The van der Waals surface area contributed by atoms with Gasteiger partial charge in [-0.05, 0) is 49.9 Å². The van der Waals surface area contributed by atoms with Gasteiger partial charge in [-0.2, -0.15) is 5.10 Å². The molecule has 1 unspecified atom stereocenters. The number of nitrogens with zero attached hydrogens (tertiary/aromatic N) is 5. The number of aryl methyl sites for hydroxylation is 2. The number of hydrogen-bond acceptors (Lipinski definition) is 6. The fourth-order valence-corrected chi connectivity index (χ4v) is 5.68. The maximum absolute atomic E-state index is 13.3. The normalized spacial score (nSPS) is 17.5. The molecule has 0 aliphatic carbocycles. The molecule has 4 heterocycles. The van der Waals surface area contributed by atoms with E-state index in [0.717, 1.165) is 30.6 Å². The Bertz CT molecular complexity index is 1330. The lowest BCUT2D eigenvalue weighted by Crippen LogP contribution is -2.33. The minimum atomic E-state index is -0.241. The van der Waals surface area contributed by atoms with Crippen LogP contribution in [0.4, 0.5) is 0 Å². The van der Waals surface area contributed by atoms with Gasteiger partial charge in [0.15, 0.2) is 10.8 Å². The molecule has 10 heteroatoms. The lowest BCUT2D eigenvalue weighted by Gasteiger charge is -2.16. The Kier molecular flexibility index (Phi) is 6.16. The highest BCUT2D eigenvalue weighted by Crippen LogP contribution is 2.33. The summed E-state index contributed by atoms with van der Waals surface area (Å²) in [6, 6.07) is 5.80. The van der Waals surface area contributed by atoms with Gasteiger partial charge in [-0.1, -0.05) is 17.8 Å². The number of carbonyl (C=O) groups excluding carboxylic acids is 2. The molecule has 2 aliphatic rings. The predicted molar refractivity (Wildman–Crippen MR) is 130 cm³/mol. The first-order valence-corrected chi connectivity index (χ1v) is 12.7. The number of benzene rings is 1. The van der Waals surface area contributed by atoms with Crippen molar-refractivity contribution >= 4 is 34.6 Å². The highest BCUT2D eigenvalue weighted by atomic mass is 32.2. The second-order valence-corrected chi connectivity index (χ2v) is 9.98. The number of hydrogen-bond donors (Lipinski definition) is 1. The summed E-state index contributed by atoms with van der Waals surface area (Å²) in [4.78, 5) is 44.1. The van der Waals surface area contributed by atoms with Gasteiger partial charge in [0.05, 0.1) is 17.9 Å². The number of nitrogens with one attached hydrogen (secondary N) is 1. The van der Waals surface area contributed by atoms with Gasteiger partial charge in [0.2, 0.25) is 11.8 Å². The molecule has 1 atom stereocenters. The first-order valence-electron chi connectivity index (χ1n) is 11.7. The van der Waals surface area contributed by atoms with E-state index in [1.54, 1.807) is 15.4 Å². The third-order valence-corrected chi connectivity index (χ3v) is 7.72. The fraction of sp³-hybridized carbons (Fsp3) is 0.458. The van der Waals surface area contributed by atoms with Crippen molar-refractivity contribution in [3.05, 3.63) is 45.9 Å². The number of rotatable bonds is 7. The molecule has 1 fully saturated rings. The number of thioether (sulfide) groups is 1. The standard InChI is InChI=1S/C24H28N6O3S/c1-15-6-7-17(11-16(15)2)30-22-19(13-26-30)23(33)29-18(14-34-24(29)27-22)12-20(31)25-8-4-10-28-9-3-5-21(28)32/h6-7,11,13,18H,3-5,8-10,12,14H2,1-2H3,(H,25,31). The third-order valence-electron chi connectivity index (χ3n) is 6.63. The molecule has 5 rings (SSSR count). The number of likely N-dealkylation sites (tertiary alicyclic amines) is 1. The molecule has 34 heavy (non-hydrogen) atoms. The lowest BCUT2D eigenvalue weighted by atomic mass is 10.1. The zero-order valence-electron chi connectivity index (χ0n) is 19.4. The topological polar surface area (TPSA) is 102 Å². The molecular weight excluding hydrogens is 452 g/mol. The summed E-state index contributed by atoms with van der Waals surface area (Å²) in [5, 5.41) is 8.44. The molecule has 2 aliphatic heterocycles. The van der Waals surface area contributed by atoms with Crippen molar-refractivity contribution in [3.63, 3.8) is 0 Å². The van der Waals surface area contributed by atoms with Crippen LogP contribution in [0.3, 0.4) is 0 Å². The highest BCUT2D eigenvalue weighted by molar-refractivity contribution is 7.99.